The lowest BCUT2D eigenvalue weighted by Gasteiger charge is -2.48. The van der Waals surface area contributed by atoms with E-state index in [1.54, 1.807) is 20.8 Å². The molecule has 15 heavy (non-hydrogen) atoms. The molecule has 5 heteroatoms. The van der Waals surface area contributed by atoms with Crippen molar-refractivity contribution in [1.82, 2.24) is 0 Å². The van der Waals surface area contributed by atoms with E-state index in [0.29, 0.717) is 0 Å². The highest BCUT2D eigenvalue weighted by molar-refractivity contribution is 5.55. The molecule has 0 bridgehead atoms. The van der Waals surface area contributed by atoms with Gasteiger partial charge < -0.3 is 15.0 Å². The Hall–Kier alpha value is -0.680. The molecule has 0 aromatic carbocycles. The molecule has 1 fully saturated rings. The first-order valence-corrected chi connectivity index (χ1v) is 5.10. The highest BCUT2D eigenvalue weighted by Crippen LogP contribution is 2.37. The first-order valence-electron chi connectivity index (χ1n) is 5.10. The van der Waals surface area contributed by atoms with Crippen molar-refractivity contribution in [3.63, 3.8) is 0 Å². The number of quaternary nitrogens is 1. The Labute approximate surface area is 88.9 Å². The summed E-state index contributed by atoms with van der Waals surface area (Å²) in [6, 6.07) is -0.606. The number of aliphatic hydroxyl groups excluding tert-OH is 1. The molecule has 88 valence electrons. The molecule has 0 radical (unpaired) electrons. The Kier molecular flexibility index (Phi) is 3.07. The van der Waals surface area contributed by atoms with E-state index in [1.165, 1.54) is 0 Å². The van der Waals surface area contributed by atoms with Crippen LogP contribution in [-0.2, 0) is 0 Å². The van der Waals surface area contributed by atoms with Crippen LogP contribution in [0.15, 0.2) is 0 Å². The van der Waals surface area contributed by atoms with E-state index >= 15 is 0 Å². The molecule has 1 N–H and O–H groups in total. The number of alkyl halides is 1. The molecule has 1 heterocycles. The second-order valence-corrected chi connectivity index (χ2v) is 5.16. The molecule has 0 saturated carbocycles. The zero-order valence-corrected chi connectivity index (χ0v) is 9.36. The van der Waals surface area contributed by atoms with Gasteiger partial charge in [-0.05, 0) is 20.8 Å². The molecule has 3 atom stereocenters. The minimum atomic E-state index is -1.30. The third-order valence-electron chi connectivity index (χ3n) is 3.37. The Bertz CT molecular complexity index is 264. The average Bonchev–Trinajstić information content (AvgIpc) is 2.42. The number of nitrogens with zero attached hydrogens (tertiary/aromatic N) is 1. The second kappa shape index (κ2) is 3.72. The van der Waals surface area contributed by atoms with Gasteiger partial charge in [-0.3, -0.25) is 4.48 Å². The van der Waals surface area contributed by atoms with E-state index in [-0.39, 0.29) is 19.6 Å². The van der Waals surface area contributed by atoms with Crippen LogP contribution in [0.4, 0.5) is 9.18 Å². The summed E-state index contributed by atoms with van der Waals surface area (Å²) in [4.78, 5) is 11.3. The van der Waals surface area contributed by atoms with Gasteiger partial charge >= 0.3 is 0 Å². The van der Waals surface area contributed by atoms with Gasteiger partial charge in [0.2, 0.25) is 0 Å². The largest absolute Gasteiger partial charge is 0.498 e. The summed E-state index contributed by atoms with van der Waals surface area (Å²) >= 11 is 0. The third kappa shape index (κ3) is 1.74. The van der Waals surface area contributed by atoms with Gasteiger partial charge in [0, 0.05) is 6.42 Å². The Balaban J connectivity index is 3.16. The van der Waals surface area contributed by atoms with Crippen molar-refractivity contribution in [1.29, 1.82) is 0 Å². The van der Waals surface area contributed by atoms with E-state index in [1.807, 2.05) is 0 Å². The van der Waals surface area contributed by atoms with Crippen LogP contribution in [0, 0.1) is 0 Å². The lowest BCUT2D eigenvalue weighted by molar-refractivity contribution is -0.931. The maximum Gasteiger partial charge on any atom is 0.258 e. The molecule has 0 aromatic heterocycles. The van der Waals surface area contributed by atoms with Crippen LogP contribution >= 0.6 is 0 Å². The van der Waals surface area contributed by atoms with Crippen LogP contribution in [0.5, 0.6) is 0 Å². The van der Waals surface area contributed by atoms with Gasteiger partial charge in [0.05, 0.1) is 12.1 Å². The van der Waals surface area contributed by atoms with E-state index in [4.69, 9.17) is 5.11 Å². The number of hydrogen-bond acceptors (Lipinski definition) is 3. The summed E-state index contributed by atoms with van der Waals surface area (Å²) < 4.78 is 12.8. The summed E-state index contributed by atoms with van der Waals surface area (Å²) in [5.41, 5.74) is -0.674. The number of aliphatic hydroxyl groups is 1. The number of rotatable bonds is 1. The summed E-state index contributed by atoms with van der Waals surface area (Å²) in [5.74, 6) is 0. The highest BCUT2D eigenvalue weighted by atomic mass is 19.1. The Morgan fingerprint density at radius 2 is 2.13 bits per heavy atom. The Morgan fingerprint density at radius 3 is 2.40 bits per heavy atom. The minimum Gasteiger partial charge on any atom is -0.498 e. The highest BCUT2D eigenvalue weighted by Gasteiger charge is 2.55. The van der Waals surface area contributed by atoms with Gasteiger partial charge in [0.15, 0.2) is 6.17 Å². The summed E-state index contributed by atoms with van der Waals surface area (Å²) in [6.45, 7) is 4.74. The SMILES string of the molecule is CC(C)(C)[N+]1(C(=O)[O-])C[C@H](F)C[C@H]1CO. The first-order chi connectivity index (χ1) is 6.75. The zero-order valence-electron chi connectivity index (χ0n) is 9.36. The fourth-order valence-electron chi connectivity index (χ4n) is 2.54. The van der Waals surface area contributed by atoms with Crippen LogP contribution in [-0.4, -0.2) is 46.6 Å². The number of likely N-dealkylation sites (tertiary alicyclic amines) is 1. The van der Waals surface area contributed by atoms with Gasteiger partial charge in [-0.25, -0.2) is 4.39 Å². The van der Waals surface area contributed by atoms with Gasteiger partial charge in [-0.15, -0.1) is 0 Å². The van der Waals surface area contributed by atoms with Crippen LogP contribution in [0.3, 0.4) is 0 Å². The standard InChI is InChI=1S/C10H18FNO3/c1-10(2,3)12(9(14)15)5-7(11)4-8(12)6-13/h7-8,13H,4-6H2,1-3H3/t7-,8+,12?/m1/s1. The van der Waals surface area contributed by atoms with E-state index < -0.39 is 28.3 Å². The predicted octanol–water partition coefficient (Wildman–Crippen LogP) is 0.0477. The van der Waals surface area contributed by atoms with Crippen molar-refractivity contribution in [3.05, 3.63) is 0 Å². The quantitative estimate of drug-likeness (QED) is 0.634. The fourth-order valence-corrected chi connectivity index (χ4v) is 2.54. The molecule has 1 unspecified atom stereocenters. The van der Waals surface area contributed by atoms with Gasteiger partial charge in [-0.1, -0.05) is 0 Å². The number of hydrogen-bond donors (Lipinski definition) is 1. The first kappa shape index (κ1) is 12.4. The molecule has 4 nitrogen and oxygen atoms in total. The van der Waals surface area contributed by atoms with Crippen molar-refractivity contribution in [2.75, 3.05) is 13.2 Å². The lowest BCUT2D eigenvalue weighted by atomic mass is 10.00. The molecule has 1 aliphatic rings. The summed E-state index contributed by atoms with van der Waals surface area (Å²) in [7, 11) is 0. The van der Waals surface area contributed by atoms with Crippen molar-refractivity contribution >= 4 is 6.09 Å². The molecule has 1 aliphatic heterocycles. The molecule has 0 aromatic rings. The van der Waals surface area contributed by atoms with E-state index in [0.717, 1.165) is 0 Å². The maximum atomic E-state index is 13.3. The maximum absolute atomic E-state index is 13.3. The molecule has 0 aliphatic carbocycles. The van der Waals surface area contributed by atoms with E-state index in [9.17, 15) is 14.3 Å². The number of carboxylic acid groups (broad SMARTS) is 1. The molecule has 1 rings (SSSR count). The number of carbonyl (C=O) groups excluding carboxylic acids is 1. The van der Waals surface area contributed by atoms with Gasteiger partial charge in [-0.2, -0.15) is 0 Å². The zero-order chi connectivity index (χ0) is 11.9. The molecule has 1 amide bonds. The normalized spacial score (nSPS) is 36.9. The third-order valence-corrected chi connectivity index (χ3v) is 3.37. The fraction of sp³-hybridized carbons (Fsp3) is 0.900. The lowest BCUT2D eigenvalue weighted by Crippen LogP contribution is -2.70. The van der Waals surface area contributed by atoms with Crippen molar-refractivity contribution < 1.29 is 23.9 Å². The van der Waals surface area contributed by atoms with Crippen molar-refractivity contribution in [2.45, 2.75) is 44.9 Å². The van der Waals surface area contributed by atoms with Gasteiger partial charge in [0.1, 0.15) is 12.6 Å². The summed E-state index contributed by atoms with van der Waals surface area (Å²) in [5, 5.41) is 20.4. The van der Waals surface area contributed by atoms with Gasteiger partial charge in [0.25, 0.3) is 6.09 Å². The summed E-state index contributed by atoms with van der Waals surface area (Å²) in [6.07, 6.45) is -2.40. The molecule has 0 spiro atoms. The number of carbonyl (C=O) groups is 1. The second-order valence-electron chi connectivity index (χ2n) is 5.16. The number of halogens is 1. The number of amides is 1. The minimum absolute atomic E-state index is 0.0851. The predicted molar refractivity (Wildman–Crippen MR) is 50.7 cm³/mol. The molecular weight excluding hydrogens is 201 g/mol. The molecule has 1 saturated heterocycles. The van der Waals surface area contributed by atoms with Crippen LogP contribution < -0.4 is 5.11 Å². The topological polar surface area (TPSA) is 60.4 Å². The van der Waals surface area contributed by atoms with Crippen molar-refractivity contribution in [2.24, 2.45) is 0 Å². The van der Waals surface area contributed by atoms with Crippen LogP contribution in [0.25, 0.3) is 0 Å². The van der Waals surface area contributed by atoms with Crippen LogP contribution in [0.2, 0.25) is 0 Å². The smallest absolute Gasteiger partial charge is 0.258 e. The Morgan fingerprint density at radius 1 is 1.60 bits per heavy atom. The van der Waals surface area contributed by atoms with Crippen LogP contribution in [0.1, 0.15) is 27.2 Å². The monoisotopic (exact) mass is 219 g/mol. The van der Waals surface area contributed by atoms with Crippen molar-refractivity contribution in [3.8, 4) is 0 Å². The average molecular weight is 219 g/mol. The molecular formula is C10H18FNO3. The van der Waals surface area contributed by atoms with E-state index in [2.05, 4.69) is 0 Å².